The minimum Gasteiger partial charge on any atom is -0.339 e. The molecule has 1 atom stereocenters. The Morgan fingerprint density at radius 2 is 1.95 bits per heavy atom. The Kier molecular flexibility index (Phi) is 4.88. The first-order valence-corrected chi connectivity index (χ1v) is 8.44. The average Bonchev–Trinajstić information content (AvgIpc) is 3.24. The molecule has 3 rings (SSSR count). The van der Waals surface area contributed by atoms with Crippen molar-refractivity contribution in [3.05, 3.63) is 35.7 Å². The molecule has 0 unspecified atom stereocenters. The van der Waals surface area contributed by atoms with Gasteiger partial charge >= 0.3 is 0 Å². The Labute approximate surface area is 132 Å². The molecule has 1 aliphatic rings. The van der Waals surface area contributed by atoms with Gasteiger partial charge in [-0.3, -0.25) is 0 Å². The van der Waals surface area contributed by atoms with Crippen LogP contribution >= 0.6 is 0 Å². The molecular formula is C18H25N3O. The van der Waals surface area contributed by atoms with Gasteiger partial charge in [0.25, 0.3) is 0 Å². The van der Waals surface area contributed by atoms with Crippen LogP contribution in [0.25, 0.3) is 11.4 Å². The number of aromatic nitrogens is 2. The summed E-state index contributed by atoms with van der Waals surface area (Å²) < 4.78 is 5.39. The molecule has 0 saturated heterocycles. The van der Waals surface area contributed by atoms with E-state index < -0.39 is 0 Å². The number of hydrogen-bond donors (Lipinski definition) is 1. The Hall–Kier alpha value is -1.68. The molecule has 118 valence electrons. The van der Waals surface area contributed by atoms with Crippen molar-refractivity contribution in [3.63, 3.8) is 0 Å². The van der Waals surface area contributed by atoms with Crippen molar-refractivity contribution in [1.82, 2.24) is 10.1 Å². The van der Waals surface area contributed by atoms with Crippen molar-refractivity contribution in [2.24, 2.45) is 11.7 Å². The fourth-order valence-corrected chi connectivity index (χ4v) is 3.22. The highest BCUT2D eigenvalue weighted by Crippen LogP contribution is 2.28. The molecule has 1 heterocycles. The summed E-state index contributed by atoms with van der Waals surface area (Å²) >= 11 is 0. The molecule has 1 aromatic carbocycles. The van der Waals surface area contributed by atoms with Crippen LogP contribution in [-0.4, -0.2) is 10.1 Å². The lowest BCUT2D eigenvalue weighted by molar-refractivity contribution is 0.362. The third-order valence-corrected chi connectivity index (χ3v) is 4.75. The smallest absolute Gasteiger partial charge is 0.226 e. The molecule has 4 heteroatoms. The second-order valence-electron chi connectivity index (χ2n) is 6.34. The van der Waals surface area contributed by atoms with Crippen LogP contribution in [0.4, 0.5) is 0 Å². The van der Waals surface area contributed by atoms with Gasteiger partial charge < -0.3 is 10.3 Å². The minimum absolute atomic E-state index is 0.0984. The number of benzene rings is 1. The van der Waals surface area contributed by atoms with Crippen molar-refractivity contribution in [2.45, 2.75) is 57.9 Å². The van der Waals surface area contributed by atoms with Crippen LogP contribution < -0.4 is 5.73 Å². The van der Waals surface area contributed by atoms with E-state index in [1.807, 2.05) is 12.1 Å². The number of nitrogens with two attached hydrogens (primary N) is 1. The summed E-state index contributed by atoms with van der Waals surface area (Å²) in [6.07, 6.45) is 8.49. The van der Waals surface area contributed by atoms with Crippen LogP contribution in [0.1, 0.15) is 62.9 Å². The largest absolute Gasteiger partial charge is 0.339 e. The molecule has 22 heavy (non-hydrogen) atoms. The average molecular weight is 299 g/mol. The SMILES string of the molecule is CC[C@H](N)c1ccc(-c2noc(CCC3CCCC3)n2)cc1. The van der Waals surface area contributed by atoms with E-state index in [1.54, 1.807) is 0 Å². The van der Waals surface area contributed by atoms with Gasteiger partial charge in [-0.05, 0) is 24.3 Å². The van der Waals surface area contributed by atoms with E-state index in [-0.39, 0.29) is 6.04 Å². The first-order chi connectivity index (χ1) is 10.8. The standard InChI is InChI=1S/C18H25N3O/c1-2-16(19)14-8-10-15(11-9-14)18-20-17(22-21-18)12-7-13-5-3-4-6-13/h8-11,13,16H,2-7,12,19H2,1H3/t16-/m0/s1. The predicted octanol–water partition coefficient (Wildman–Crippen LogP) is 4.27. The summed E-state index contributed by atoms with van der Waals surface area (Å²) in [6.45, 7) is 2.09. The maximum Gasteiger partial charge on any atom is 0.226 e. The van der Waals surface area contributed by atoms with Gasteiger partial charge in [-0.1, -0.05) is 62.0 Å². The van der Waals surface area contributed by atoms with E-state index in [9.17, 15) is 0 Å². The molecule has 2 N–H and O–H groups in total. The third kappa shape index (κ3) is 3.55. The molecule has 2 aromatic rings. The van der Waals surface area contributed by atoms with E-state index in [0.29, 0.717) is 5.82 Å². The van der Waals surface area contributed by atoms with Crippen LogP contribution in [0, 0.1) is 5.92 Å². The first kappa shape index (κ1) is 15.2. The predicted molar refractivity (Wildman–Crippen MR) is 87.2 cm³/mol. The fourth-order valence-electron chi connectivity index (χ4n) is 3.22. The number of hydrogen-bond acceptors (Lipinski definition) is 4. The van der Waals surface area contributed by atoms with E-state index in [1.165, 1.54) is 32.1 Å². The summed E-state index contributed by atoms with van der Waals surface area (Å²) in [6, 6.07) is 8.25. The second kappa shape index (κ2) is 7.05. The lowest BCUT2D eigenvalue weighted by atomic mass is 10.0. The van der Waals surface area contributed by atoms with Gasteiger partial charge in [-0.25, -0.2) is 0 Å². The zero-order valence-corrected chi connectivity index (χ0v) is 13.3. The van der Waals surface area contributed by atoms with E-state index in [4.69, 9.17) is 10.3 Å². The Morgan fingerprint density at radius 1 is 1.23 bits per heavy atom. The van der Waals surface area contributed by atoms with Crippen LogP contribution in [0.5, 0.6) is 0 Å². The molecule has 0 radical (unpaired) electrons. The van der Waals surface area contributed by atoms with E-state index in [2.05, 4.69) is 29.2 Å². The molecule has 0 spiro atoms. The van der Waals surface area contributed by atoms with Gasteiger partial charge in [-0.2, -0.15) is 4.98 Å². The highest BCUT2D eigenvalue weighted by Gasteiger charge is 2.17. The summed E-state index contributed by atoms with van der Waals surface area (Å²) in [5.41, 5.74) is 8.17. The summed E-state index contributed by atoms with van der Waals surface area (Å²) in [7, 11) is 0. The molecule has 1 aromatic heterocycles. The van der Waals surface area contributed by atoms with Gasteiger partial charge in [0.1, 0.15) is 0 Å². The highest BCUT2D eigenvalue weighted by atomic mass is 16.5. The molecule has 0 amide bonds. The lowest BCUT2D eigenvalue weighted by Gasteiger charge is -2.08. The van der Waals surface area contributed by atoms with Crippen LogP contribution in [-0.2, 0) is 6.42 Å². The first-order valence-electron chi connectivity index (χ1n) is 8.44. The summed E-state index contributed by atoms with van der Waals surface area (Å²) in [4.78, 5) is 4.53. The molecule has 1 saturated carbocycles. The van der Waals surface area contributed by atoms with Crippen LogP contribution in [0.3, 0.4) is 0 Å². The normalized spacial score (nSPS) is 17.0. The van der Waals surface area contributed by atoms with Crippen LogP contribution in [0.15, 0.2) is 28.8 Å². The van der Waals surface area contributed by atoms with Crippen LogP contribution in [0.2, 0.25) is 0 Å². The van der Waals surface area contributed by atoms with E-state index >= 15 is 0 Å². The molecule has 1 fully saturated rings. The molecule has 4 nitrogen and oxygen atoms in total. The van der Waals surface area contributed by atoms with Crippen molar-refractivity contribution in [1.29, 1.82) is 0 Å². The Morgan fingerprint density at radius 3 is 2.64 bits per heavy atom. The lowest BCUT2D eigenvalue weighted by Crippen LogP contribution is -2.08. The maximum atomic E-state index is 6.04. The fraction of sp³-hybridized carbons (Fsp3) is 0.556. The van der Waals surface area contributed by atoms with Crippen molar-refractivity contribution in [2.75, 3.05) is 0 Å². The van der Waals surface area contributed by atoms with Crippen molar-refractivity contribution in [3.8, 4) is 11.4 Å². The van der Waals surface area contributed by atoms with E-state index in [0.717, 1.165) is 35.8 Å². The topological polar surface area (TPSA) is 64.9 Å². The van der Waals surface area contributed by atoms with Gasteiger partial charge in [-0.15, -0.1) is 0 Å². The maximum absolute atomic E-state index is 6.04. The number of rotatable bonds is 6. The summed E-state index contributed by atoms with van der Waals surface area (Å²) in [5, 5.41) is 4.11. The number of nitrogens with zero attached hydrogens (tertiary/aromatic N) is 2. The minimum atomic E-state index is 0.0984. The second-order valence-corrected chi connectivity index (χ2v) is 6.34. The third-order valence-electron chi connectivity index (χ3n) is 4.75. The zero-order chi connectivity index (χ0) is 15.4. The molecule has 0 bridgehead atoms. The van der Waals surface area contributed by atoms with Gasteiger partial charge in [0.05, 0.1) is 0 Å². The molecule has 1 aliphatic carbocycles. The van der Waals surface area contributed by atoms with Gasteiger partial charge in [0.2, 0.25) is 11.7 Å². The summed E-state index contributed by atoms with van der Waals surface area (Å²) in [5.74, 6) is 2.29. The number of aryl methyl sites for hydroxylation is 1. The molecular weight excluding hydrogens is 274 g/mol. The molecule has 0 aliphatic heterocycles. The van der Waals surface area contributed by atoms with Crippen molar-refractivity contribution < 1.29 is 4.52 Å². The Bertz CT molecular complexity index is 585. The Balaban J connectivity index is 1.62. The zero-order valence-electron chi connectivity index (χ0n) is 13.3. The van der Waals surface area contributed by atoms with Crippen molar-refractivity contribution >= 4 is 0 Å². The monoisotopic (exact) mass is 299 g/mol. The highest BCUT2D eigenvalue weighted by molar-refractivity contribution is 5.54. The van der Waals surface area contributed by atoms with Gasteiger partial charge in [0, 0.05) is 18.0 Å². The van der Waals surface area contributed by atoms with Gasteiger partial charge in [0.15, 0.2) is 0 Å². The quantitative estimate of drug-likeness (QED) is 0.865.